The van der Waals surface area contributed by atoms with Gasteiger partial charge in [-0.25, -0.2) is 5.01 Å². The van der Waals surface area contributed by atoms with Gasteiger partial charge in [-0.3, -0.25) is 15.0 Å². The van der Waals surface area contributed by atoms with Gasteiger partial charge in [-0.1, -0.05) is 6.92 Å². The highest BCUT2D eigenvalue weighted by molar-refractivity contribution is 5.97. The summed E-state index contributed by atoms with van der Waals surface area (Å²) in [5.41, 5.74) is 13.6. The summed E-state index contributed by atoms with van der Waals surface area (Å²) in [5, 5.41) is 8.24. The summed E-state index contributed by atoms with van der Waals surface area (Å²) in [4.78, 5) is 28.4. The van der Waals surface area contributed by atoms with Crippen molar-refractivity contribution in [2.75, 3.05) is 38.6 Å². The molecule has 35 heavy (non-hydrogen) atoms. The number of benzene rings is 1. The van der Waals surface area contributed by atoms with Crippen LogP contribution in [-0.2, 0) is 4.79 Å². The van der Waals surface area contributed by atoms with Crippen molar-refractivity contribution in [3.63, 3.8) is 0 Å². The van der Waals surface area contributed by atoms with Gasteiger partial charge < -0.3 is 21.3 Å². The minimum absolute atomic E-state index is 0.0398. The first-order chi connectivity index (χ1) is 16.6. The average molecular weight is 485 g/mol. The molecule has 1 saturated carbocycles. The maximum Gasteiger partial charge on any atom is 0.251 e. The van der Waals surface area contributed by atoms with E-state index >= 15 is 0 Å². The van der Waals surface area contributed by atoms with E-state index in [0.29, 0.717) is 30.1 Å². The Balaban J connectivity index is 1.58. The van der Waals surface area contributed by atoms with Gasteiger partial charge in [-0.2, -0.15) is 0 Å². The van der Waals surface area contributed by atoms with Gasteiger partial charge in [-0.15, -0.1) is 0 Å². The Labute approximate surface area is 210 Å². The maximum absolute atomic E-state index is 13.5. The maximum atomic E-state index is 13.5. The minimum Gasteiger partial charge on any atom is -0.371 e. The van der Waals surface area contributed by atoms with Crippen LogP contribution in [0.5, 0.6) is 0 Å². The van der Waals surface area contributed by atoms with Gasteiger partial charge >= 0.3 is 0 Å². The molecule has 2 amide bonds. The molecule has 3 aliphatic rings. The summed E-state index contributed by atoms with van der Waals surface area (Å²) in [6.07, 6.45) is 5.16. The molecule has 8 nitrogen and oxygen atoms in total. The zero-order valence-corrected chi connectivity index (χ0v) is 22.1. The lowest BCUT2D eigenvalue weighted by Crippen LogP contribution is -2.50. The molecule has 0 aromatic heterocycles. The van der Waals surface area contributed by atoms with Crippen molar-refractivity contribution in [3.05, 3.63) is 28.8 Å². The smallest absolute Gasteiger partial charge is 0.251 e. The third-order valence-corrected chi connectivity index (χ3v) is 8.51. The standard InChI is InChI=1S/C27H44N6O2/c1-16-10-17(2)31-27(35)24(16)14-29-26(34)23-11-19(20-13-30-32(4)15-20)12-25(18(23)3)33(5)22-8-6-21(28)7-9-22/h11-12,16-17,20-22,24,30H,6-10,13-15,28H2,1-5H3,(H,29,34)(H,31,35)/t16?,17?,20?,21-,22-,24?. The molecule has 8 heteroatoms. The summed E-state index contributed by atoms with van der Waals surface area (Å²) < 4.78 is 0. The van der Waals surface area contributed by atoms with Crippen LogP contribution in [0.25, 0.3) is 0 Å². The number of hydrogen-bond acceptors (Lipinski definition) is 6. The first-order valence-electron chi connectivity index (χ1n) is 13.3. The highest BCUT2D eigenvalue weighted by Gasteiger charge is 2.33. The summed E-state index contributed by atoms with van der Waals surface area (Å²) in [6, 6.07) is 5.27. The Morgan fingerprint density at radius 2 is 1.94 bits per heavy atom. The van der Waals surface area contributed by atoms with Crippen molar-refractivity contribution >= 4 is 17.5 Å². The number of hydrazine groups is 1. The molecule has 3 fully saturated rings. The van der Waals surface area contributed by atoms with E-state index in [9.17, 15) is 9.59 Å². The second-order valence-corrected chi connectivity index (χ2v) is 11.3. The molecule has 2 heterocycles. The fourth-order valence-corrected chi connectivity index (χ4v) is 6.17. The fourth-order valence-electron chi connectivity index (χ4n) is 6.17. The number of nitrogens with one attached hydrogen (secondary N) is 3. The first kappa shape index (κ1) is 25.9. The van der Waals surface area contributed by atoms with E-state index in [1.54, 1.807) is 0 Å². The van der Waals surface area contributed by atoms with Crippen LogP contribution in [-0.4, -0.2) is 68.7 Å². The van der Waals surface area contributed by atoms with Crippen molar-refractivity contribution in [2.45, 2.75) is 76.9 Å². The Hall–Kier alpha value is -2.16. The van der Waals surface area contributed by atoms with Crippen molar-refractivity contribution in [2.24, 2.45) is 17.6 Å². The van der Waals surface area contributed by atoms with Gasteiger partial charge in [0.25, 0.3) is 5.91 Å². The molecule has 2 saturated heterocycles. The molecule has 4 unspecified atom stereocenters. The zero-order chi connectivity index (χ0) is 25.3. The molecule has 1 aromatic carbocycles. The lowest BCUT2D eigenvalue weighted by molar-refractivity contribution is -0.129. The van der Waals surface area contributed by atoms with Gasteiger partial charge in [0.2, 0.25) is 5.91 Å². The van der Waals surface area contributed by atoms with Crippen LogP contribution in [0.1, 0.15) is 73.4 Å². The largest absolute Gasteiger partial charge is 0.371 e. The molecule has 1 aliphatic carbocycles. The number of anilines is 1. The molecule has 4 atom stereocenters. The number of carbonyl (C=O) groups is 2. The second kappa shape index (κ2) is 10.8. The van der Waals surface area contributed by atoms with Crippen LogP contribution in [0.4, 0.5) is 5.69 Å². The number of hydrogen-bond donors (Lipinski definition) is 4. The van der Waals surface area contributed by atoms with Crippen molar-refractivity contribution in [1.82, 2.24) is 21.1 Å². The highest BCUT2D eigenvalue weighted by atomic mass is 16.2. The third-order valence-electron chi connectivity index (χ3n) is 8.51. The molecular formula is C27H44N6O2. The predicted octanol–water partition coefficient (Wildman–Crippen LogP) is 2.13. The molecule has 0 bridgehead atoms. The highest BCUT2D eigenvalue weighted by Crippen LogP contribution is 2.34. The van der Waals surface area contributed by atoms with Crippen LogP contribution in [0.2, 0.25) is 0 Å². The third kappa shape index (κ3) is 5.81. The summed E-state index contributed by atoms with van der Waals surface area (Å²) in [7, 11) is 4.21. The van der Waals surface area contributed by atoms with E-state index in [1.807, 2.05) is 6.92 Å². The first-order valence-corrected chi connectivity index (χ1v) is 13.3. The Kier molecular flexibility index (Phi) is 8.03. The van der Waals surface area contributed by atoms with E-state index in [1.165, 1.54) is 5.56 Å². The van der Waals surface area contributed by atoms with E-state index in [0.717, 1.165) is 56.4 Å². The number of carbonyl (C=O) groups excluding carboxylic acids is 2. The van der Waals surface area contributed by atoms with Crippen LogP contribution in [0, 0.1) is 18.8 Å². The SMILES string of the molecule is Cc1c(C(=O)NCC2C(=O)NC(C)CC2C)cc(C2CNN(C)C2)cc1N(C)[C@H]1CC[C@H](N)CC1. The Morgan fingerprint density at radius 1 is 1.23 bits per heavy atom. The topological polar surface area (TPSA) is 103 Å². The van der Waals surface area contributed by atoms with Crippen LogP contribution >= 0.6 is 0 Å². The molecular weight excluding hydrogens is 440 g/mol. The van der Waals surface area contributed by atoms with Gasteiger partial charge in [0, 0.05) is 69.0 Å². The molecule has 0 radical (unpaired) electrons. The molecule has 5 N–H and O–H groups in total. The van der Waals surface area contributed by atoms with E-state index in [4.69, 9.17) is 5.73 Å². The lowest BCUT2D eigenvalue weighted by atomic mass is 9.84. The number of likely N-dealkylation sites (N-methyl/N-ethyl adjacent to an activating group) is 1. The second-order valence-electron chi connectivity index (χ2n) is 11.3. The summed E-state index contributed by atoms with van der Waals surface area (Å²) >= 11 is 0. The van der Waals surface area contributed by atoms with Gasteiger partial charge in [0.1, 0.15) is 0 Å². The predicted molar refractivity (Wildman–Crippen MR) is 140 cm³/mol. The van der Waals surface area contributed by atoms with Crippen molar-refractivity contribution in [1.29, 1.82) is 0 Å². The van der Waals surface area contributed by atoms with Crippen molar-refractivity contribution < 1.29 is 9.59 Å². The van der Waals surface area contributed by atoms with E-state index in [-0.39, 0.29) is 29.7 Å². The average Bonchev–Trinajstić information content (AvgIpc) is 3.24. The number of nitrogens with zero attached hydrogens (tertiary/aromatic N) is 2. The Bertz CT molecular complexity index is 928. The molecule has 4 rings (SSSR count). The zero-order valence-electron chi connectivity index (χ0n) is 22.1. The molecule has 2 aliphatic heterocycles. The van der Waals surface area contributed by atoms with Crippen LogP contribution < -0.4 is 26.7 Å². The normalized spacial score (nSPS) is 31.8. The summed E-state index contributed by atoms with van der Waals surface area (Å²) in [5.74, 6) is 0.316. The monoisotopic (exact) mass is 484 g/mol. The van der Waals surface area contributed by atoms with Gasteiger partial charge in [0.15, 0.2) is 0 Å². The van der Waals surface area contributed by atoms with Gasteiger partial charge in [-0.05, 0) is 75.1 Å². The number of rotatable bonds is 6. The summed E-state index contributed by atoms with van der Waals surface area (Å²) in [6.45, 7) is 8.32. The fraction of sp³-hybridized carbons (Fsp3) is 0.704. The number of piperidine rings is 1. The van der Waals surface area contributed by atoms with Gasteiger partial charge in [0.05, 0.1) is 5.92 Å². The Morgan fingerprint density at radius 3 is 2.57 bits per heavy atom. The molecule has 1 aromatic rings. The molecule has 194 valence electrons. The van der Waals surface area contributed by atoms with E-state index < -0.39 is 0 Å². The quantitative estimate of drug-likeness (QED) is 0.493. The number of nitrogens with two attached hydrogens (primary N) is 1. The minimum atomic E-state index is -0.195. The van der Waals surface area contributed by atoms with Crippen LogP contribution in [0.15, 0.2) is 12.1 Å². The number of amides is 2. The van der Waals surface area contributed by atoms with E-state index in [2.05, 4.69) is 66.0 Å². The lowest BCUT2D eigenvalue weighted by Gasteiger charge is -2.36. The van der Waals surface area contributed by atoms with Crippen LogP contribution in [0.3, 0.4) is 0 Å². The van der Waals surface area contributed by atoms with Crippen molar-refractivity contribution in [3.8, 4) is 0 Å². The molecule has 0 spiro atoms.